The molecule has 228 valence electrons. The Kier molecular flexibility index (Phi) is 6.29. The van der Waals surface area contributed by atoms with Gasteiger partial charge < -0.3 is 4.42 Å². The average Bonchev–Trinajstić information content (AvgIpc) is 3.57. The van der Waals surface area contributed by atoms with Crippen LogP contribution in [0.25, 0.3) is 88.5 Å². The van der Waals surface area contributed by atoms with Crippen molar-refractivity contribution in [3.8, 4) is 33.4 Å². The highest BCUT2D eigenvalue weighted by Gasteiger charge is 2.23. The minimum Gasteiger partial charge on any atom is -0.455 e. The smallest absolute Gasteiger partial charge is 0.143 e. The molecule has 0 saturated carbocycles. The van der Waals surface area contributed by atoms with Crippen molar-refractivity contribution in [3.05, 3.63) is 180 Å². The number of furan rings is 1. The van der Waals surface area contributed by atoms with Crippen molar-refractivity contribution in [1.82, 2.24) is 0 Å². The fraction of sp³-hybridized carbons (Fsp3) is 0.0417. The van der Waals surface area contributed by atoms with Crippen LogP contribution in [0, 0.1) is 12.1 Å². The van der Waals surface area contributed by atoms with Crippen LogP contribution in [0.4, 0.5) is 0 Å². The van der Waals surface area contributed by atoms with Gasteiger partial charge in [-0.2, -0.15) is 0 Å². The number of benzene rings is 7. The second kappa shape index (κ2) is 11.1. The Labute approximate surface area is 285 Å². The van der Waals surface area contributed by atoms with E-state index in [0.29, 0.717) is 0 Å². The number of hydrogen-bond acceptors (Lipinski definition) is 1. The maximum Gasteiger partial charge on any atom is 0.143 e. The van der Waals surface area contributed by atoms with Crippen molar-refractivity contribution in [3.63, 3.8) is 0 Å². The summed E-state index contributed by atoms with van der Waals surface area (Å²) in [5.74, 6) is 0. The summed E-state index contributed by atoms with van der Waals surface area (Å²) in [7, 11) is 0. The van der Waals surface area contributed by atoms with E-state index in [0.717, 1.165) is 62.2 Å². The molecule has 49 heavy (non-hydrogen) atoms. The molecule has 0 fully saturated rings. The summed E-state index contributed by atoms with van der Waals surface area (Å²) < 4.78 is 6.71. The van der Waals surface area contributed by atoms with Gasteiger partial charge in [-0.15, -0.1) is 0 Å². The van der Waals surface area contributed by atoms with Crippen LogP contribution in [0.3, 0.4) is 0 Å². The SMILES string of the molecule is c1ccc2c(-c3cccc4oc5c(-c6ccccc6)cccc5c34)c3ccccc3c(-c3ccccc3C3=Cc4ccccc4CC3)c2c#1. The molecule has 0 spiro atoms. The van der Waals surface area contributed by atoms with E-state index in [-0.39, 0.29) is 0 Å². The van der Waals surface area contributed by atoms with E-state index >= 15 is 0 Å². The van der Waals surface area contributed by atoms with Crippen LogP contribution in [0.5, 0.6) is 0 Å². The predicted molar refractivity (Wildman–Crippen MR) is 205 cm³/mol. The molecule has 1 nitrogen and oxygen atoms in total. The lowest BCUT2D eigenvalue weighted by Gasteiger charge is -2.22. The summed E-state index contributed by atoms with van der Waals surface area (Å²) in [4.78, 5) is 0. The normalized spacial score (nSPS) is 12.7. The van der Waals surface area contributed by atoms with Gasteiger partial charge in [-0.3, -0.25) is 0 Å². The van der Waals surface area contributed by atoms with Crippen molar-refractivity contribution in [2.45, 2.75) is 12.8 Å². The summed E-state index contributed by atoms with van der Waals surface area (Å²) in [5.41, 5.74) is 14.2. The Morgan fingerprint density at radius 1 is 0.490 bits per heavy atom. The highest BCUT2D eigenvalue weighted by atomic mass is 16.3. The summed E-state index contributed by atoms with van der Waals surface area (Å²) in [6.45, 7) is 0. The lowest BCUT2D eigenvalue weighted by Crippen LogP contribution is -2.00. The van der Waals surface area contributed by atoms with E-state index < -0.39 is 0 Å². The highest BCUT2D eigenvalue weighted by Crippen LogP contribution is 2.48. The molecule has 0 unspecified atom stereocenters. The average molecular weight is 623 g/mol. The highest BCUT2D eigenvalue weighted by molar-refractivity contribution is 6.26. The minimum absolute atomic E-state index is 0.888. The van der Waals surface area contributed by atoms with E-state index in [2.05, 4.69) is 164 Å². The fourth-order valence-corrected chi connectivity index (χ4v) is 8.09. The maximum absolute atomic E-state index is 6.71. The molecular formula is C48H30O. The number of para-hydroxylation sites is 1. The molecule has 1 aliphatic carbocycles. The first-order valence-corrected chi connectivity index (χ1v) is 17.0. The van der Waals surface area contributed by atoms with Gasteiger partial charge in [0.1, 0.15) is 11.2 Å². The number of rotatable bonds is 4. The molecule has 9 aromatic rings. The van der Waals surface area contributed by atoms with Crippen molar-refractivity contribution >= 4 is 55.1 Å². The van der Waals surface area contributed by atoms with Crippen LogP contribution in [0.2, 0.25) is 0 Å². The maximum atomic E-state index is 6.71. The largest absolute Gasteiger partial charge is 0.455 e. The fourth-order valence-electron chi connectivity index (χ4n) is 8.09. The van der Waals surface area contributed by atoms with Crippen molar-refractivity contribution < 1.29 is 4.42 Å². The molecule has 0 amide bonds. The first-order chi connectivity index (χ1) is 24.3. The number of allylic oxidation sites excluding steroid dienone is 1. The van der Waals surface area contributed by atoms with Gasteiger partial charge in [-0.1, -0.05) is 152 Å². The molecule has 0 atom stereocenters. The molecule has 0 saturated heterocycles. The van der Waals surface area contributed by atoms with Crippen LogP contribution in [0.15, 0.2) is 156 Å². The lowest BCUT2D eigenvalue weighted by atomic mass is 9.81. The Hall–Kier alpha value is -6.36. The molecule has 0 bridgehead atoms. The number of aryl methyl sites for hydroxylation is 1. The molecule has 0 N–H and O–H groups in total. The van der Waals surface area contributed by atoms with Crippen LogP contribution in [-0.4, -0.2) is 0 Å². The van der Waals surface area contributed by atoms with Crippen LogP contribution < -0.4 is 0 Å². The van der Waals surface area contributed by atoms with Crippen LogP contribution in [0.1, 0.15) is 23.1 Å². The molecule has 0 aliphatic heterocycles. The van der Waals surface area contributed by atoms with E-state index in [4.69, 9.17) is 4.42 Å². The minimum atomic E-state index is 0.888. The standard InChI is InChI=1S/C48H30O/c1-2-15-32(16-3-1)36-24-12-26-43-47-42(25-13-27-44(47)49-48(36)43)46-40-22-10-8-20-38(40)45(39-21-9-11-23-41(39)46)37-19-7-6-18-35(37)34-29-28-31-14-4-5-17-33(31)30-34/h1-8,10-20,22-27,30H,28-29H2. The quantitative estimate of drug-likeness (QED) is 0.190. The van der Waals surface area contributed by atoms with Crippen LogP contribution in [-0.2, 0) is 6.42 Å². The van der Waals surface area contributed by atoms with Gasteiger partial charge >= 0.3 is 0 Å². The van der Waals surface area contributed by atoms with Crippen molar-refractivity contribution in [2.24, 2.45) is 0 Å². The molecule has 0 radical (unpaired) electrons. The van der Waals surface area contributed by atoms with Crippen molar-refractivity contribution in [2.75, 3.05) is 0 Å². The molecule has 1 heterocycles. The van der Waals surface area contributed by atoms with Gasteiger partial charge in [0.05, 0.1) is 0 Å². The van der Waals surface area contributed by atoms with Gasteiger partial charge in [0, 0.05) is 27.3 Å². The molecule has 10 rings (SSSR count). The lowest BCUT2D eigenvalue weighted by molar-refractivity contribution is 0.670. The summed E-state index contributed by atoms with van der Waals surface area (Å²) in [6, 6.07) is 61.2. The van der Waals surface area contributed by atoms with E-state index in [1.165, 1.54) is 49.7 Å². The Bertz CT molecular complexity index is 2700. The van der Waals surface area contributed by atoms with E-state index in [1.54, 1.807) is 0 Å². The van der Waals surface area contributed by atoms with E-state index in [1.807, 2.05) is 6.07 Å². The van der Waals surface area contributed by atoms with Crippen molar-refractivity contribution in [1.29, 1.82) is 0 Å². The first kappa shape index (κ1) is 27.7. The van der Waals surface area contributed by atoms with Gasteiger partial charge in [-0.25, -0.2) is 0 Å². The second-order valence-corrected chi connectivity index (χ2v) is 12.9. The van der Waals surface area contributed by atoms with E-state index in [9.17, 15) is 0 Å². The zero-order valence-corrected chi connectivity index (χ0v) is 26.8. The zero-order valence-electron chi connectivity index (χ0n) is 26.8. The zero-order chi connectivity index (χ0) is 32.3. The third kappa shape index (κ3) is 4.35. The van der Waals surface area contributed by atoms with Gasteiger partial charge in [0.2, 0.25) is 0 Å². The van der Waals surface area contributed by atoms with Gasteiger partial charge in [0.15, 0.2) is 0 Å². The summed E-state index contributed by atoms with van der Waals surface area (Å²) >= 11 is 0. The molecule has 1 aliphatic rings. The van der Waals surface area contributed by atoms with Crippen LogP contribution >= 0.6 is 0 Å². The summed E-state index contributed by atoms with van der Waals surface area (Å²) in [5, 5.41) is 6.91. The molecule has 1 heteroatoms. The second-order valence-electron chi connectivity index (χ2n) is 12.9. The topological polar surface area (TPSA) is 13.1 Å². The summed E-state index contributed by atoms with van der Waals surface area (Å²) in [6.07, 6.45) is 4.45. The number of hydrogen-bond donors (Lipinski definition) is 0. The first-order valence-electron chi connectivity index (χ1n) is 17.0. The Morgan fingerprint density at radius 3 is 2.08 bits per heavy atom. The molecule has 8 aromatic carbocycles. The monoisotopic (exact) mass is 622 g/mol. The third-order valence-electron chi connectivity index (χ3n) is 10.3. The third-order valence-corrected chi connectivity index (χ3v) is 10.3. The molecule has 1 aromatic heterocycles. The predicted octanol–water partition coefficient (Wildman–Crippen LogP) is 13.0. The van der Waals surface area contributed by atoms with Gasteiger partial charge in [0.25, 0.3) is 0 Å². The molecular weight excluding hydrogens is 593 g/mol. The Morgan fingerprint density at radius 2 is 1.18 bits per heavy atom. The number of fused-ring (bicyclic) bond motifs is 6. The van der Waals surface area contributed by atoms with Gasteiger partial charge in [-0.05, 0) is 91.7 Å². The Balaban J connectivity index is 1.27.